The fourth-order valence-electron chi connectivity index (χ4n) is 1.42. The number of furan rings is 1. The summed E-state index contributed by atoms with van der Waals surface area (Å²) in [4.78, 5) is 7.96. The fourth-order valence-corrected chi connectivity index (χ4v) is 1.74. The van der Waals surface area contributed by atoms with E-state index in [1.807, 2.05) is 19.2 Å². The van der Waals surface area contributed by atoms with Gasteiger partial charge in [0.2, 0.25) is 0 Å². The van der Waals surface area contributed by atoms with Crippen molar-refractivity contribution in [1.82, 2.24) is 15.3 Å². The second kappa shape index (κ2) is 4.55. The van der Waals surface area contributed by atoms with Crippen molar-refractivity contribution in [2.24, 2.45) is 0 Å². The molecule has 0 fully saturated rings. The van der Waals surface area contributed by atoms with Gasteiger partial charge in [-0.05, 0) is 35.1 Å². The van der Waals surface area contributed by atoms with E-state index in [9.17, 15) is 0 Å². The predicted octanol–water partition coefficient (Wildman–Crippen LogP) is 2.14. The Hall–Kier alpha value is -1.20. The smallest absolute Gasteiger partial charge is 0.169 e. The van der Waals surface area contributed by atoms with Crippen molar-refractivity contribution < 1.29 is 4.42 Å². The van der Waals surface area contributed by atoms with Gasteiger partial charge in [0, 0.05) is 18.0 Å². The molecular weight excluding hydrogens is 258 g/mol. The number of rotatable bonds is 3. The van der Waals surface area contributed by atoms with E-state index in [2.05, 4.69) is 31.2 Å². The van der Waals surface area contributed by atoms with Gasteiger partial charge in [-0.15, -0.1) is 0 Å². The van der Waals surface area contributed by atoms with Gasteiger partial charge < -0.3 is 9.73 Å². The number of nitrogens with zero attached hydrogens (tertiary/aromatic N) is 2. The van der Waals surface area contributed by atoms with Crippen molar-refractivity contribution in [2.45, 2.75) is 6.04 Å². The van der Waals surface area contributed by atoms with Gasteiger partial charge in [0.1, 0.15) is 12.1 Å². The number of nitrogens with one attached hydrogen (secondary N) is 1. The van der Waals surface area contributed by atoms with Crippen molar-refractivity contribution in [3.8, 4) is 0 Å². The molecule has 1 unspecified atom stereocenters. The van der Waals surface area contributed by atoms with Crippen LogP contribution in [0.3, 0.4) is 0 Å². The molecule has 2 aromatic heterocycles. The van der Waals surface area contributed by atoms with E-state index in [4.69, 9.17) is 4.42 Å². The molecule has 0 saturated heterocycles. The molecule has 15 heavy (non-hydrogen) atoms. The quantitative estimate of drug-likeness (QED) is 0.926. The summed E-state index contributed by atoms with van der Waals surface area (Å²) in [6.07, 6.45) is 5.05. The Labute approximate surface area is 95.9 Å². The standard InChI is InChI=1S/C10H10BrN3O/c1-12-10(7-4-13-6-14-5-7)8-2-3-9(11)15-8/h2-6,10,12H,1H3. The van der Waals surface area contributed by atoms with E-state index in [1.165, 1.54) is 6.33 Å². The van der Waals surface area contributed by atoms with E-state index in [0.29, 0.717) is 0 Å². The van der Waals surface area contributed by atoms with Gasteiger partial charge in [0.15, 0.2) is 4.67 Å². The molecular formula is C10H10BrN3O. The monoisotopic (exact) mass is 267 g/mol. The Morgan fingerprint density at radius 3 is 2.60 bits per heavy atom. The first-order valence-electron chi connectivity index (χ1n) is 4.48. The Morgan fingerprint density at radius 2 is 2.07 bits per heavy atom. The molecule has 0 aliphatic rings. The summed E-state index contributed by atoms with van der Waals surface area (Å²) in [5.41, 5.74) is 0.974. The van der Waals surface area contributed by atoms with E-state index in [-0.39, 0.29) is 6.04 Å². The van der Waals surface area contributed by atoms with Crippen molar-refractivity contribution in [3.05, 3.63) is 46.8 Å². The van der Waals surface area contributed by atoms with E-state index in [1.54, 1.807) is 12.4 Å². The van der Waals surface area contributed by atoms with Crippen LogP contribution in [-0.2, 0) is 0 Å². The highest BCUT2D eigenvalue weighted by molar-refractivity contribution is 9.10. The first kappa shape index (κ1) is 10.3. The maximum atomic E-state index is 5.49. The maximum absolute atomic E-state index is 5.49. The van der Waals surface area contributed by atoms with Gasteiger partial charge in [-0.1, -0.05) is 0 Å². The summed E-state index contributed by atoms with van der Waals surface area (Å²) in [6.45, 7) is 0. The summed E-state index contributed by atoms with van der Waals surface area (Å²) in [6, 6.07) is 3.76. The third-order valence-electron chi connectivity index (χ3n) is 2.08. The first-order chi connectivity index (χ1) is 7.31. The van der Waals surface area contributed by atoms with Crippen LogP contribution in [0.4, 0.5) is 0 Å². The Balaban J connectivity index is 2.33. The molecule has 0 amide bonds. The fraction of sp³-hybridized carbons (Fsp3) is 0.200. The third-order valence-corrected chi connectivity index (χ3v) is 2.51. The van der Waals surface area contributed by atoms with E-state index in [0.717, 1.165) is 16.0 Å². The Bertz CT molecular complexity index is 429. The average Bonchev–Trinajstić information content (AvgIpc) is 2.68. The van der Waals surface area contributed by atoms with Gasteiger partial charge >= 0.3 is 0 Å². The minimum absolute atomic E-state index is 0.0162. The molecule has 1 N–H and O–H groups in total. The molecule has 0 spiro atoms. The summed E-state index contributed by atoms with van der Waals surface area (Å²) in [5.74, 6) is 0.833. The van der Waals surface area contributed by atoms with Gasteiger partial charge in [-0.3, -0.25) is 0 Å². The molecule has 0 aromatic carbocycles. The van der Waals surface area contributed by atoms with Crippen molar-refractivity contribution in [3.63, 3.8) is 0 Å². The van der Waals surface area contributed by atoms with Gasteiger partial charge in [0.05, 0.1) is 6.04 Å². The molecule has 0 aliphatic carbocycles. The van der Waals surface area contributed by atoms with Crippen LogP contribution < -0.4 is 5.32 Å². The van der Waals surface area contributed by atoms with Crippen LogP contribution in [0, 0.1) is 0 Å². The summed E-state index contributed by atoms with van der Waals surface area (Å²) < 4.78 is 6.21. The van der Waals surface area contributed by atoms with Crippen molar-refractivity contribution >= 4 is 15.9 Å². The molecule has 4 nitrogen and oxygen atoms in total. The lowest BCUT2D eigenvalue weighted by atomic mass is 10.1. The zero-order valence-corrected chi connectivity index (χ0v) is 9.73. The maximum Gasteiger partial charge on any atom is 0.169 e. The van der Waals surface area contributed by atoms with Crippen LogP contribution in [-0.4, -0.2) is 17.0 Å². The van der Waals surface area contributed by atoms with Crippen molar-refractivity contribution in [2.75, 3.05) is 7.05 Å². The topological polar surface area (TPSA) is 51.0 Å². The van der Waals surface area contributed by atoms with Crippen LogP contribution in [0.2, 0.25) is 0 Å². The lowest BCUT2D eigenvalue weighted by Crippen LogP contribution is -2.17. The van der Waals surface area contributed by atoms with Gasteiger partial charge in [-0.25, -0.2) is 9.97 Å². The number of halogens is 1. The average molecular weight is 268 g/mol. The van der Waals surface area contributed by atoms with E-state index < -0.39 is 0 Å². The lowest BCUT2D eigenvalue weighted by molar-refractivity contribution is 0.446. The molecule has 2 aromatic rings. The normalized spacial score (nSPS) is 12.7. The zero-order valence-electron chi connectivity index (χ0n) is 8.14. The second-order valence-electron chi connectivity index (χ2n) is 3.04. The summed E-state index contributed by atoms with van der Waals surface area (Å²) in [7, 11) is 1.87. The Kier molecular flexibility index (Phi) is 3.13. The molecule has 2 heterocycles. The van der Waals surface area contributed by atoms with Gasteiger partial charge in [-0.2, -0.15) is 0 Å². The van der Waals surface area contributed by atoms with Crippen LogP contribution in [0.15, 0.2) is 39.9 Å². The third kappa shape index (κ3) is 2.24. The first-order valence-corrected chi connectivity index (χ1v) is 5.28. The minimum Gasteiger partial charge on any atom is -0.452 e. The number of hydrogen-bond donors (Lipinski definition) is 1. The second-order valence-corrected chi connectivity index (χ2v) is 3.82. The Morgan fingerprint density at radius 1 is 1.33 bits per heavy atom. The summed E-state index contributed by atoms with van der Waals surface area (Å²) in [5, 5.41) is 3.15. The largest absolute Gasteiger partial charge is 0.452 e. The van der Waals surface area contributed by atoms with Crippen LogP contribution in [0.25, 0.3) is 0 Å². The molecule has 0 saturated carbocycles. The van der Waals surface area contributed by atoms with E-state index >= 15 is 0 Å². The lowest BCUT2D eigenvalue weighted by Gasteiger charge is -2.12. The van der Waals surface area contributed by atoms with Gasteiger partial charge in [0.25, 0.3) is 0 Å². The molecule has 0 radical (unpaired) electrons. The van der Waals surface area contributed by atoms with Crippen LogP contribution in [0.5, 0.6) is 0 Å². The van der Waals surface area contributed by atoms with Crippen LogP contribution in [0.1, 0.15) is 17.4 Å². The molecule has 2 rings (SSSR count). The SMILES string of the molecule is CNC(c1cncnc1)c1ccc(Br)o1. The summed E-state index contributed by atoms with van der Waals surface area (Å²) >= 11 is 3.28. The molecule has 0 bridgehead atoms. The highest BCUT2D eigenvalue weighted by Crippen LogP contribution is 2.24. The predicted molar refractivity (Wildman–Crippen MR) is 59.3 cm³/mol. The molecule has 0 aliphatic heterocycles. The number of aromatic nitrogens is 2. The molecule has 78 valence electrons. The van der Waals surface area contributed by atoms with Crippen molar-refractivity contribution in [1.29, 1.82) is 0 Å². The highest BCUT2D eigenvalue weighted by Gasteiger charge is 2.15. The molecule has 1 atom stereocenters. The zero-order chi connectivity index (χ0) is 10.7. The van der Waals surface area contributed by atoms with Crippen LogP contribution >= 0.6 is 15.9 Å². The highest BCUT2D eigenvalue weighted by atomic mass is 79.9. The minimum atomic E-state index is -0.0162. The molecule has 5 heteroatoms. The number of hydrogen-bond acceptors (Lipinski definition) is 4.